The van der Waals surface area contributed by atoms with E-state index >= 15 is 0 Å². The molecule has 0 aromatic heterocycles. The third kappa shape index (κ3) is 5.48. The minimum Gasteiger partial charge on any atom is -0.466 e. The Bertz CT molecular complexity index is 421. The van der Waals surface area contributed by atoms with Crippen LogP contribution in [0.4, 0.5) is 0 Å². The Labute approximate surface area is 127 Å². The first-order valence-electron chi connectivity index (χ1n) is 7.80. The average molecular weight is 291 g/mol. The van der Waals surface area contributed by atoms with E-state index < -0.39 is 0 Å². The lowest BCUT2D eigenvalue weighted by molar-refractivity contribution is -0.150. The molecule has 0 radical (unpaired) electrons. The molecule has 1 unspecified atom stereocenters. The van der Waals surface area contributed by atoms with E-state index in [0.29, 0.717) is 19.8 Å². The fourth-order valence-electron chi connectivity index (χ4n) is 2.67. The summed E-state index contributed by atoms with van der Waals surface area (Å²) < 4.78 is 10.8. The molecule has 1 saturated heterocycles. The highest BCUT2D eigenvalue weighted by Gasteiger charge is 2.26. The van der Waals surface area contributed by atoms with Crippen LogP contribution in [0.25, 0.3) is 0 Å². The maximum atomic E-state index is 11.8. The van der Waals surface area contributed by atoms with Crippen LogP contribution < -0.4 is 0 Å². The molecular weight excluding hydrogens is 266 g/mol. The van der Waals surface area contributed by atoms with Crippen molar-refractivity contribution in [2.24, 2.45) is 5.92 Å². The highest BCUT2D eigenvalue weighted by molar-refractivity contribution is 5.72. The summed E-state index contributed by atoms with van der Waals surface area (Å²) in [6.07, 6.45) is 2.00. The van der Waals surface area contributed by atoms with Crippen LogP contribution in [0.5, 0.6) is 0 Å². The molecule has 1 aliphatic heterocycles. The zero-order valence-corrected chi connectivity index (χ0v) is 12.8. The number of esters is 1. The molecule has 21 heavy (non-hydrogen) atoms. The Kier molecular flexibility index (Phi) is 6.70. The molecule has 0 spiro atoms. The van der Waals surface area contributed by atoms with Gasteiger partial charge < -0.3 is 14.4 Å². The van der Waals surface area contributed by atoms with Gasteiger partial charge in [0.05, 0.1) is 25.7 Å². The fourth-order valence-corrected chi connectivity index (χ4v) is 2.67. The Morgan fingerprint density at radius 1 is 1.33 bits per heavy atom. The lowest BCUT2D eigenvalue weighted by Crippen LogP contribution is -2.40. The number of piperidine rings is 1. The number of nitrogens with zero attached hydrogens (tertiary/aromatic N) is 1. The Balaban J connectivity index is 1.65. The maximum absolute atomic E-state index is 11.8. The Morgan fingerprint density at radius 3 is 2.90 bits per heavy atom. The Hall–Kier alpha value is -1.39. The molecule has 0 N–H and O–H groups in total. The van der Waals surface area contributed by atoms with E-state index in [2.05, 4.69) is 17.0 Å². The maximum Gasteiger partial charge on any atom is 0.310 e. The van der Waals surface area contributed by atoms with Gasteiger partial charge in [-0.3, -0.25) is 4.79 Å². The van der Waals surface area contributed by atoms with Gasteiger partial charge in [-0.15, -0.1) is 0 Å². The van der Waals surface area contributed by atoms with Gasteiger partial charge in [-0.25, -0.2) is 0 Å². The average Bonchev–Trinajstić information content (AvgIpc) is 2.53. The quantitative estimate of drug-likeness (QED) is 0.571. The normalized spacial score (nSPS) is 19.4. The second kappa shape index (κ2) is 8.80. The van der Waals surface area contributed by atoms with Crippen LogP contribution >= 0.6 is 0 Å². The third-order valence-electron chi connectivity index (χ3n) is 3.79. The molecule has 1 aromatic rings. The van der Waals surface area contributed by atoms with Gasteiger partial charge in [0.1, 0.15) is 0 Å². The zero-order valence-electron chi connectivity index (χ0n) is 12.8. The topological polar surface area (TPSA) is 38.8 Å². The highest BCUT2D eigenvalue weighted by atomic mass is 16.5. The van der Waals surface area contributed by atoms with Gasteiger partial charge in [-0.2, -0.15) is 0 Å². The molecule has 1 fully saturated rings. The Morgan fingerprint density at radius 2 is 2.14 bits per heavy atom. The first kappa shape index (κ1) is 16.0. The van der Waals surface area contributed by atoms with E-state index in [0.717, 1.165) is 32.5 Å². The molecular formula is C17H25NO3. The van der Waals surface area contributed by atoms with E-state index in [-0.39, 0.29) is 11.9 Å². The van der Waals surface area contributed by atoms with Crippen LogP contribution in [-0.2, 0) is 20.9 Å². The predicted octanol–water partition coefficient (Wildman–Crippen LogP) is 2.48. The van der Waals surface area contributed by atoms with Crippen molar-refractivity contribution in [3.05, 3.63) is 35.9 Å². The summed E-state index contributed by atoms with van der Waals surface area (Å²) >= 11 is 0. The van der Waals surface area contributed by atoms with Crippen molar-refractivity contribution < 1.29 is 14.3 Å². The zero-order chi connectivity index (χ0) is 14.9. The summed E-state index contributed by atoms with van der Waals surface area (Å²) in [5.41, 5.74) is 1.19. The number of carbonyl (C=O) groups is 1. The van der Waals surface area contributed by atoms with Crippen molar-refractivity contribution in [2.75, 3.05) is 32.8 Å². The van der Waals surface area contributed by atoms with Crippen LogP contribution in [0.1, 0.15) is 25.3 Å². The van der Waals surface area contributed by atoms with Gasteiger partial charge in [-0.05, 0) is 31.9 Å². The SMILES string of the molecule is CCOC(=O)C1CCCN(CCOCc2ccccc2)C1. The monoisotopic (exact) mass is 291 g/mol. The lowest BCUT2D eigenvalue weighted by Gasteiger charge is -2.31. The number of hydrogen-bond donors (Lipinski definition) is 0. The van der Waals surface area contributed by atoms with E-state index in [4.69, 9.17) is 9.47 Å². The van der Waals surface area contributed by atoms with E-state index in [1.807, 2.05) is 25.1 Å². The largest absolute Gasteiger partial charge is 0.466 e. The summed E-state index contributed by atoms with van der Waals surface area (Å²) in [7, 11) is 0. The second-order valence-corrected chi connectivity index (χ2v) is 5.43. The van der Waals surface area contributed by atoms with Crippen molar-refractivity contribution >= 4 is 5.97 Å². The van der Waals surface area contributed by atoms with E-state index in [1.165, 1.54) is 5.56 Å². The first-order chi connectivity index (χ1) is 10.3. The van der Waals surface area contributed by atoms with Crippen LogP contribution in [0.2, 0.25) is 0 Å². The first-order valence-corrected chi connectivity index (χ1v) is 7.80. The van der Waals surface area contributed by atoms with Gasteiger partial charge in [0.25, 0.3) is 0 Å². The summed E-state index contributed by atoms with van der Waals surface area (Å²) in [5.74, 6) is -0.0137. The van der Waals surface area contributed by atoms with Gasteiger partial charge in [0.2, 0.25) is 0 Å². The molecule has 2 rings (SSSR count). The predicted molar refractivity (Wildman–Crippen MR) is 81.9 cm³/mol. The lowest BCUT2D eigenvalue weighted by atomic mass is 9.98. The molecule has 116 valence electrons. The molecule has 1 atom stereocenters. The third-order valence-corrected chi connectivity index (χ3v) is 3.79. The fraction of sp³-hybridized carbons (Fsp3) is 0.588. The van der Waals surface area contributed by atoms with Crippen LogP contribution in [-0.4, -0.2) is 43.7 Å². The molecule has 0 aliphatic carbocycles. The summed E-state index contributed by atoms with van der Waals surface area (Å²) in [4.78, 5) is 14.1. The second-order valence-electron chi connectivity index (χ2n) is 5.43. The minimum atomic E-state index is -0.0487. The number of rotatable bonds is 7. The number of likely N-dealkylation sites (tertiary alicyclic amines) is 1. The number of hydrogen-bond acceptors (Lipinski definition) is 4. The highest BCUT2D eigenvalue weighted by Crippen LogP contribution is 2.17. The van der Waals surface area contributed by atoms with Gasteiger partial charge >= 0.3 is 5.97 Å². The van der Waals surface area contributed by atoms with E-state index in [9.17, 15) is 4.79 Å². The molecule has 1 heterocycles. The molecule has 0 amide bonds. The van der Waals surface area contributed by atoms with E-state index in [1.54, 1.807) is 0 Å². The standard InChI is InChI=1S/C17H25NO3/c1-2-21-17(19)16-9-6-10-18(13-16)11-12-20-14-15-7-4-3-5-8-15/h3-5,7-8,16H,2,6,9-14H2,1H3. The molecule has 0 saturated carbocycles. The van der Waals surface area contributed by atoms with Crippen LogP contribution in [0.3, 0.4) is 0 Å². The van der Waals surface area contributed by atoms with Crippen molar-refractivity contribution in [1.82, 2.24) is 4.90 Å². The minimum absolute atomic E-state index is 0.0350. The van der Waals surface area contributed by atoms with Gasteiger partial charge in [0.15, 0.2) is 0 Å². The molecule has 4 nitrogen and oxygen atoms in total. The molecule has 1 aromatic carbocycles. The van der Waals surface area contributed by atoms with Crippen molar-refractivity contribution in [2.45, 2.75) is 26.4 Å². The smallest absolute Gasteiger partial charge is 0.310 e. The van der Waals surface area contributed by atoms with Gasteiger partial charge in [0, 0.05) is 13.1 Å². The van der Waals surface area contributed by atoms with Crippen LogP contribution in [0.15, 0.2) is 30.3 Å². The van der Waals surface area contributed by atoms with Crippen molar-refractivity contribution in [3.63, 3.8) is 0 Å². The van der Waals surface area contributed by atoms with Crippen molar-refractivity contribution in [1.29, 1.82) is 0 Å². The molecule has 1 aliphatic rings. The summed E-state index contributed by atoms with van der Waals surface area (Å²) in [5, 5.41) is 0. The summed E-state index contributed by atoms with van der Waals surface area (Å²) in [6, 6.07) is 10.2. The van der Waals surface area contributed by atoms with Crippen molar-refractivity contribution in [3.8, 4) is 0 Å². The van der Waals surface area contributed by atoms with Gasteiger partial charge in [-0.1, -0.05) is 30.3 Å². The van der Waals surface area contributed by atoms with Crippen LogP contribution in [0, 0.1) is 5.92 Å². The molecule has 4 heteroatoms. The molecule has 0 bridgehead atoms. The summed E-state index contributed by atoms with van der Waals surface area (Å²) in [6.45, 7) is 6.40. The number of carbonyl (C=O) groups excluding carboxylic acids is 1. The number of benzene rings is 1. The number of ether oxygens (including phenoxy) is 2.